The maximum atomic E-state index is 5.87. The van der Waals surface area contributed by atoms with Gasteiger partial charge in [-0.3, -0.25) is 0 Å². The number of hydrogen-bond donors (Lipinski definition) is 1. The van der Waals surface area contributed by atoms with Gasteiger partial charge < -0.3 is 10.6 Å². The van der Waals surface area contributed by atoms with Gasteiger partial charge in [0, 0.05) is 18.6 Å². The molecule has 0 aliphatic rings. The Morgan fingerprint density at radius 2 is 1.82 bits per heavy atom. The molecule has 0 aromatic carbocycles. The molecule has 0 heterocycles. The van der Waals surface area contributed by atoms with Crippen LogP contribution in [0.4, 0.5) is 0 Å². The van der Waals surface area contributed by atoms with E-state index in [0.29, 0.717) is 0 Å². The highest BCUT2D eigenvalue weighted by Gasteiger charge is 2.13. The molecule has 0 aliphatic carbocycles. The molecular weight excluding hydrogens is 136 g/mol. The summed E-state index contributed by atoms with van der Waals surface area (Å²) in [5, 5.41) is 0. The number of hydrogen-bond acceptors (Lipinski definition) is 2. The van der Waals surface area contributed by atoms with E-state index in [2.05, 4.69) is 39.6 Å². The normalized spacial score (nSPS) is 13.1. The van der Waals surface area contributed by atoms with Crippen molar-refractivity contribution in [2.75, 3.05) is 20.1 Å². The Balaban J connectivity index is 3.61. The third-order valence-corrected chi connectivity index (χ3v) is 1.35. The topological polar surface area (TPSA) is 29.3 Å². The van der Waals surface area contributed by atoms with E-state index in [1.165, 1.54) is 0 Å². The van der Waals surface area contributed by atoms with E-state index in [4.69, 9.17) is 5.73 Å². The van der Waals surface area contributed by atoms with Crippen LogP contribution in [0.15, 0.2) is 0 Å². The van der Waals surface area contributed by atoms with Crippen molar-refractivity contribution in [2.45, 2.75) is 33.2 Å². The standard InChI is InChI=1S/C9H22N2/c1-8(2)6-11(5)7-9(3,4)10/h8H,6-7,10H2,1-5H3. The highest BCUT2D eigenvalue weighted by Crippen LogP contribution is 2.02. The van der Waals surface area contributed by atoms with Gasteiger partial charge in [-0.1, -0.05) is 13.8 Å². The molecule has 0 amide bonds. The second-order valence-electron chi connectivity index (χ2n) is 4.58. The van der Waals surface area contributed by atoms with Gasteiger partial charge in [0.05, 0.1) is 0 Å². The van der Waals surface area contributed by atoms with E-state index >= 15 is 0 Å². The predicted octanol–water partition coefficient (Wildman–Crippen LogP) is 1.31. The van der Waals surface area contributed by atoms with Crippen LogP contribution in [0.2, 0.25) is 0 Å². The van der Waals surface area contributed by atoms with Crippen molar-refractivity contribution in [3.63, 3.8) is 0 Å². The van der Waals surface area contributed by atoms with Crippen molar-refractivity contribution in [3.8, 4) is 0 Å². The number of nitrogens with two attached hydrogens (primary N) is 1. The van der Waals surface area contributed by atoms with Crippen molar-refractivity contribution >= 4 is 0 Å². The van der Waals surface area contributed by atoms with E-state index in [0.717, 1.165) is 19.0 Å². The predicted molar refractivity (Wildman–Crippen MR) is 50.6 cm³/mol. The van der Waals surface area contributed by atoms with Crippen LogP contribution in [0.3, 0.4) is 0 Å². The first-order valence-corrected chi connectivity index (χ1v) is 4.28. The molecule has 0 aromatic heterocycles. The fraction of sp³-hybridized carbons (Fsp3) is 1.00. The van der Waals surface area contributed by atoms with E-state index < -0.39 is 0 Å². The second kappa shape index (κ2) is 4.07. The molecular formula is C9H22N2. The van der Waals surface area contributed by atoms with Gasteiger partial charge in [-0.15, -0.1) is 0 Å². The lowest BCUT2D eigenvalue weighted by molar-refractivity contribution is 0.245. The number of rotatable bonds is 4. The first-order valence-electron chi connectivity index (χ1n) is 4.28. The minimum atomic E-state index is -0.0658. The molecule has 0 bridgehead atoms. The van der Waals surface area contributed by atoms with Gasteiger partial charge in [0.1, 0.15) is 0 Å². The third-order valence-electron chi connectivity index (χ3n) is 1.35. The highest BCUT2D eigenvalue weighted by atomic mass is 15.1. The SMILES string of the molecule is CC(C)CN(C)CC(C)(C)N. The largest absolute Gasteiger partial charge is 0.324 e. The van der Waals surface area contributed by atoms with Gasteiger partial charge in [-0.2, -0.15) is 0 Å². The van der Waals surface area contributed by atoms with Gasteiger partial charge in [0.2, 0.25) is 0 Å². The summed E-state index contributed by atoms with van der Waals surface area (Å²) in [6.45, 7) is 10.7. The second-order valence-corrected chi connectivity index (χ2v) is 4.58. The molecule has 0 saturated carbocycles. The van der Waals surface area contributed by atoms with Gasteiger partial charge >= 0.3 is 0 Å². The molecule has 0 aliphatic heterocycles. The molecule has 0 saturated heterocycles. The summed E-state index contributed by atoms with van der Waals surface area (Å²) < 4.78 is 0. The van der Waals surface area contributed by atoms with Crippen molar-refractivity contribution in [2.24, 2.45) is 11.7 Å². The quantitative estimate of drug-likeness (QED) is 0.668. The van der Waals surface area contributed by atoms with E-state index in [-0.39, 0.29) is 5.54 Å². The van der Waals surface area contributed by atoms with Crippen molar-refractivity contribution in [1.82, 2.24) is 4.90 Å². The average Bonchev–Trinajstić information content (AvgIpc) is 1.53. The Labute approximate surface area is 70.8 Å². The highest BCUT2D eigenvalue weighted by molar-refractivity contribution is 4.75. The zero-order chi connectivity index (χ0) is 9.07. The molecule has 2 nitrogen and oxygen atoms in total. The van der Waals surface area contributed by atoms with Gasteiger partial charge in [0.15, 0.2) is 0 Å². The first kappa shape index (κ1) is 10.9. The Hall–Kier alpha value is -0.0800. The Morgan fingerprint density at radius 1 is 1.36 bits per heavy atom. The molecule has 68 valence electrons. The number of likely N-dealkylation sites (N-methyl/N-ethyl adjacent to an activating group) is 1. The molecule has 0 atom stereocenters. The zero-order valence-electron chi connectivity index (χ0n) is 8.52. The lowest BCUT2D eigenvalue weighted by Crippen LogP contribution is -2.44. The lowest BCUT2D eigenvalue weighted by Gasteiger charge is -2.27. The van der Waals surface area contributed by atoms with Crippen LogP contribution in [-0.4, -0.2) is 30.6 Å². The fourth-order valence-electron chi connectivity index (χ4n) is 1.38. The van der Waals surface area contributed by atoms with Crippen LogP contribution in [0.5, 0.6) is 0 Å². The molecule has 0 unspecified atom stereocenters. The van der Waals surface area contributed by atoms with Crippen molar-refractivity contribution < 1.29 is 0 Å². The summed E-state index contributed by atoms with van der Waals surface area (Å²) in [7, 11) is 2.12. The van der Waals surface area contributed by atoms with E-state index in [9.17, 15) is 0 Å². The summed E-state index contributed by atoms with van der Waals surface area (Å²) in [5.41, 5.74) is 5.80. The molecule has 0 fully saturated rings. The summed E-state index contributed by atoms with van der Waals surface area (Å²) in [6.07, 6.45) is 0. The monoisotopic (exact) mass is 158 g/mol. The van der Waals surface area contributed by atoms with Crippen LogP contribution in [0.25, 0.3) is 0 Å². The van der Waals surface area contributed by atoms with E-state index in [1.807, 2.05) is 0 Å². The maximum absolute atomic E-state index is 5.87. The van der Waals surface area contributed by atoms with Crippen LogP contribution >= 0.6 is 0 Å². The van der Waals surface area contributed by atoms with Crippen LogP contribution in [-0.2, 0) is 0 Å². The maximum Gasteiger partial charge on any atom is 0.0225 e. The Kier molecular flexibility index (Phi) is 4.04. The summed E-state index contributed by atoms with van der Waals surface area (Å²) >= 11 is 0. The summed E-state index contributed by atoms with van der Waals surface area (Å²) in [6, 6.07) is 0. The minimum absolute atomic E-state index is 0.0658. The first-order chi connectivity index (χ1) is 4.81. The van der Waals surface area contributed by atoms with Crippen LogP contribution < -0.4 is 5.73 Å². The Bertz CT molecular complexity index is 103. The van der Waals surface area contributed by atoms with Crippen LogP contribution in [0.1, 0.15) is 27.7 Å². The fourth-order valence-corrected chi connectivity index (χ4v) is 1.38. The minimum Gasteiger partial charge on any atom is -0.324 e. The molecule has 2 N–H and O–H groups in total. The summed E-state index contributed by atoms with van der Waals surface area (Å²) in [5.74, 6) is 0.724. The molecule has 2 heteroatoms. The van der Waals surface area contributed by atoms with Gasteiger partial charge in [0.25, 0.3) is 0 Å². The molecule has 0 spiro atoms. The zero-order valence-corrected chi connectivity index (χ0v) is 8.52. The number of nitrogens with zero attached hydrogens (tertiary/aromatic N) is 1. The summed E-state index contributed by atoms with van der Waals surface area (Å²) in [4.78, 5) is 2.28. The average molecular weight is 158 g/mol. The van der Waals surface area contributed by atoms with Crippen molar-refractivity contribution in [1.29, 1.82) is 0 Å². The van der Waals surface area contributed by atoms with Gasteiger partial charge in [-0.25, -0.2) is 0 Å². The molecule has 0 radical (unpaired) electrons. The lowest BCUT2D eigenvalue weighted by atomic mass is 10.1. The molecule has 11 heavy (non-hydrogen) atoms. The molecule has 0 rings (SSSR count). The Morgan fingerprint density at radius 3 is 2.09 bits per heavy atom. The van der Waals surface area contributed by atoms with Crippen LogP contribution in [0, 0.1) is 5.92 Å². The van der Waals surface area contributed by atoms with Gasteiger partial charge in [-0.05, 0) is 26.8 Å². The third kappa shape index (κ3) is 7.82. The van der Waals surface area contributed by atoms with E-state index in [1.54, 1.807) is 0 Å². The van der Waals surface area contributed by atoms with Crippen molar-refractivity contribution in [3.05, 3.63) is 0 Å². The smallest absolute Gasteiger partial charge is 0.0225 e. The molecule has 0 aromatic rings.